The van der Waals surface area contributed by atoms with E-state index in [4.69, 9.17) is 20.3 Å². The highest BCUT2D eigenvalue weighted by atomic mass is 32.2. The Labute approximate surface area is 274 Å². The summed E-state index contributed by atoms with van der Waals surface area (Å²) in [6.45, 7) is 9.97. The summed E-state index contributed by atoms with van der Waals surface area (Å²) in [6.07, 6.45) is 1.05. The fraction of sp³-hybridized carbons (Fsp3) is 0.576. The van der Waals surface area contributed by atoms with Crippen LogP contribution in [0.4, 0.5) is 0 Å². The van der Waals surface area contributed by atoms with Crippen LogP contribution in [0.15, 0.2) is 60.7 Å². The van der Waals surface area contributed by atoms with Crippen LogP contribution in [0.1, 0.15) is 65.5 Å². The van der Waals surface area contributed by atoms with Gasteiger partial charge in [0.05, 0.1) is 0 Å². The van der Waals surface area contributed by atoms with E-state index in [0.717, 1.165) is 11.8 Å². The number of esters is 1. The highest BCUT2D eigenvalue weighted by Gasteiger charge is 2.63. The number of ether oxygens (including phenoxy) is 2. The maximum absolute atomic E-state index is 15.1. The molecule has 46 heavy (non-hydrogen) atoms. The van der Waals surface area contributed by atoms with Crippen molar-refractivity contribution in [1.29, 1.82) is 0 Å². The van der Waals surface area contributed by atoms with Gasteiger partial charge in [0.2, 0.25) is 15.6 Å². The number of nitrogens with zero attached hydrogens (tertiary/aromatic N) is 1. The maximum Gasteiger partial charge on any atom is 0.337 e. The minimum absolute atomic E-state index is 0.0735. The fourth-order valence-corrected chi connectivity index (χ4v) is 7.67. The summed E-state index contributed by atoms with van der Waals surface area (Å²) < 4.78 is 59.8. The van der Waals surface area contributed by atoms with Crippen molar-refractivity contribution in [2.24, 2.45) is 22.7 Å². The van der Waals surface area contributed by atoms with Crippen LogP contribution < -0.4 is 10.9 Å². The van der Waals surface area contributed by atoms with E-state index in [9.17, 15) is 21.6 Å². The van der Waals surface area contributed by atoms with Crippen LogP contribution >= 0.6 is 0 Å². The van der Waals surface area contributed by atoms with Crippen LogP contribution in [0.5, 0.6) is 0 Å². The lowest BCUT2D eigenvalue weighted by Crippen LogP contribution is -2.75. The highest BCUT2D eigenvalue weighted by Crippen LogP contribution is 2.38. The molecule has 2 aromatic carbocycles. The van der Waals surface area contributed by atoms with E-state index >= 15 is 4.79 Å². The average molecular weight is 680 g/mol. The molecule has 3 rings (SSSR count). The Balaban J connectivity index is 2.18. The third-order valence-electron chi connectivity index (χ3n) is 9.04. The number of hydrogen-bond acceptors (Lipinski definition) is 9. The summed E-state index contributed by atoms with van der Waals surface area (Å²) in [5, 5.41) is 5.38. The molecule has 13 heteroatoms. The van der Waals surface area contributed by atoms with E-state index in [2.05, 4.69) is 0 Å². The molecule has 4 N–H and O–H groups in total. The van der Waals surface area contributed by atoms with Crippen LogP contribution in [0.3, 0.4) is 0 Å². The predicted molar refractivity (Wildman–Crippen MR) is 177 cm³/mol. The molecule has 1 aliphatic heterocycles. The number of carbonyl (C=O) groups is 2. The Morgan fingerprint density at radius 2 is 1.41 bits per heavy atom. The quantitative estimate of drug-likeness (QED) is 0.153. The van der Waals surface area contributed by atoms with Crippen molar-refractivity contribution in [3.63, 3.8) is 0 Å². The molecule has 256 valence electrons. The summed E-state index contributed by atoms with van der Waals surface area (Å²) in [4.78, 5) is 30.7. The minimum Gasteiger partial charge on any atom is -0.459 e. The normalized spacial score (nSPS) is 19.1. The van der Waals surface area contributed by atoms with Crippen LogP contribution in [0, 0.1) is 11.8 Å². The highest BCUT2D eigenvalue weighted by molar-refractivity contribution is 7.92. The number of carbonyl (C=O) groups excluding carboxylic acids is 2. The first kappa shape index (κ1) is 37.6. The maximum atomic E-state index is 15.1. The van der Waals surface area contributed by atoms with E-state index < -0.39 is 65.6 Å². The van der Waals surface area contributed by atoms with Gasteiger partial charge in [0, 0.05) is 18.3 Å². The Bertz CT molecular complexity index is 1560. The Hall–Kier alpha value is -2.84. The number of hydrogen-bond donors (Lipinski definition) is 2. The molecule has 0 bridgehead atoms. The number of aryl methyl sites for hydroxylation is 1. The molecule has 0 spiro atoms. The zero-order valence-electron chi connectivity index (χ0n) is 27.8. The Morgan fingerprint density at radius 3 is 1.85 bits per heavy atom. The standard InChI is InChI=1S/C33H49N3O8S2/c1-22(2)28(23(3)4)36(26(19-18-24-14-10-8-11-15-24)20-27-29(44-27)46(35,41)42)30(37)33(34,32(5,6)45(7,39)40)31(38)43-21-25-16-12-9-13-17-25/h8-17,22-23,26-29H,18-21,34H2,1-7H3,(H2,35,41,42)/t26-,27?,29?,33+/m1/s1. The van der Waals surface area contributed by atoms with Crippen molar-refractivity contribution in [3.05, 3.63) is 71.8 Å². The van der Waals surface area contributed by atoms with E-state index in [0.29, 0.717) is 18.4 Å². The summed E-state index contributed by atoms with van der Waals surface area (Å²) in [6, 6.07) is 17.1. The number of primary sulfonamides is 1. The van der Waals surface area contributed by atoms with Gasteiger partial charge >= 0.3 is 5.97 Å². The second-order valence-corrected chi connectivity index (χ2v) is 17.6. The lowest BCUT2D eigenvalue weighted by atomic mass is 9.81. The SMILES string of the molecule is CC(C)C(C(C)C)N(C(=O)[C@](N)(C(=O)OCc1ccccc1)C(C)(C)S(C)(=O)=O)[C@H](CCc1ccccc1)CC1OC1S(N)(=O)=O. The van der Waals surface area contributed by atoms with Gasteiger partial charge in [-0.05, 0) is 56.1 Å². The van der Waals surface area contributed by atoms with E-state index in [1.165, 1.54) is 18.7 Å². The molecule has 2 aromatic rings. The topological polar surface area (TPSA) is 179 Å². The van der Waals surface area contributed by atoms with Crippen molar-refractivity contribution in [1.82, 2.24) is 4.90 Å². The summed E-state index contributed by atoms with van der Waals surface area (Å²) >= 11 is 0. The first-order valence-corrected chi connectivity index (χ1v) is 19.0. The zero-order valence-corrected chi connectivity index (χ0v) is 29.4. The molecule has 1 amide bonds. The van der Waals surface area contributed by atoms with Gasteiger partial charge in [-0.25, -0.2) is 26.8 Å². The first-order valence-electron chi connectivity index (χ1n) is 15.5. The third kappa shape index (κ3) is 8.35. The van der Waals surface area contributed by atoms with Gasteiger partial charge in [-0.3, -0.25) is 4.79 Å². The number of rotatable bonds is 16. The average Bonchev–Trinajstić information content (AvgIpc) is 3.76. The number of amides is 1. The second-order valence-electron chi connectivity index (χ2n) is 13.4. The lowest BCUT2D eigenvalue weighted by molar-refractivity contribution is -0.164. The molecular weight excluding hydrogens is 631 g/mol. The van der Waals surface area contributed by atoms with Crippen LogP contribution in [0.25, 0.3) is 0 Å². The van der Waals surface area contributed by atoms with Gasteiger partial charge in [0.25, 0.3) is 5.91 Å². The van der Waals surface area contributed by atoms with Crippen molar-refractivity contribution in [2.45, 2.75) is 101 Å². The van der Waals surface area contributed by atoms with Crippen molar-refractivity contribution >= 4 is 31.7 Å². The van der Waals surface area contributed by atoms with Crippen molar-refractivity contribution in [3.8, 4) is 0 Å². The van der Waals surface area contributed by atoms with E-state index in [-0.39, 0.29) is 24.9 Å². The van der Waals surface area contributed by atoms with E-state index in [1.54, 1.807) is 30.3 Å². The fourth-order valence-electron chi connectivity index (χ4n) is 6.08. The van der Waals surface area contributed by atoms with Crippen molar-refractivity contribution < 1.29 is 35.9 Å². The molecule has 2 unspecified atom stereocenters. The number of sulfone groups is 1. The number of epoxide rings is 1. The van der Waals surface area contributed by atoms with Gasteiger partial charge in [-0.1, -0.05) is 88.4 Å². The molecule has 0 aliphatic carbocycles. The molecule has 1 saturated heterocycles. The summed E-state index contributed by atoms with van der Waals surface area (Å²) in [7, 11) is -8.16. The molecule has 0 radical (unpaired) electrons. The predicted octanol–water partition coefficient (Wildman–Crippen LogP) is 3.16. The molecule has 0 aromatic heterocycles. The largest absolute Gasteiger partial charge is 0.459 e. The molecule has 1 aliphatic rings. The van der Waals surface area contributed by atoms with Gasteiger partial charge in [0.15, 0.2) is 15.3 Å². The number of nitrogens with two attached hydrogens (primary N) is 2. The van der Waals surface area contributed by atoms with Gasteiger partial charge in [-0.15, -0.1) is 0 Å². The number of sulfonamides is 1. The lowest BCUT2D eigenvalue weighted by Gasteiger charge is -2.48. The molecule has 11 nitrogen and oxygen atoms in total. The van der Waals surface area contributed by atoms with Gasteiger partial charge in [0.1, 0.15) is 17.5 Å². The molecule has 4 atom stereocenters. The molecule has 0 saturated carbocycles. The Kier molecular flexibility index (Phi) is 11.9. The first-order chi connectivity index (χ1) is 21.2. The smallest absolute Gasteiger partial charge is 0.337 e. The Morgan fingerprint density at radius 1 is 0.913 bits per heavy atom. The van der Waals surface area contributed by atoms with E-state index in [1.807, 2.05) is 58.0 Å². The monoisotopic (exact) mass is 679 g/mol. The van der Waals surface area contributed by atoms with Crippen molar-refractivity contribution in [2.75, 3.05) is 6.26 Å². The minimum atomic E-state index is -4.15. The molecular formula is C33H49N3O8S2. The summed E-state index contributed by atoms with van der Waals surface area (Å²) in [5.41, 5.74) is 4.55. The zero-order chi connectivity index (χ0) is 34.7. The van der Waals surface area contributed by atoms with Crippen LogP contribution in [-0.4, -0.2) is 73.8 Å². The van der Waals surface area contributed by atoms with Gasteiger partial charge in [-0.2, -0.15) is 0 Å². The summed E-state index contributed by atoms with van der Waals surface area (Å²) in [5.74, 6) is -2.43. The number of benzene rings is 2. The molecule has 1 fully saturated rings. The van der Waals surface area contributed by atoms with Crippen LogP contribution in [0.2, 0.25) is 0 Å². The molecule has 1 heterocycles. The van der Waals surface area contributed by atoms with Gasteiger partial charge < -0.3 is 20.1 Å². The third-order valence-corrected chi connectivity index (χ3v) is 12.3. The second kappa shape index (κ2) is 14.5. The van der Waals surface area contributed by atoms with Crippen LogP contribution in [-0.2, 0) is 52.0 Å².